The van der Waals surface area contributed by atoms with Crippen molar-refractivity contribution in [1.82, 2.24) is 0 Å². The quantitative estimate of drug-likeness (QED) is 0.109. The molecule has 0 saturated heterocycles. The van der Waals surface area contributed by atoms with E-state index in [4.69, 9.17) is 0 Å². The van der Waals surface area contributed by atoms with E-state index in [1.807, 2.05) is 0 Å². The maximum Gasteiger partial charge on any atom is 0.0618 e. The maximum absolute atomic E-state index is 2.50. The molecule has 0 aliphatic heterocycles. The smallest absolute Gasteiger partial charge is 0.0618 e. The van der Waals surface area contributed by atoms with Gasteiger partial charge in [-0.15, -0.1) is 0 Å². The monoisotopic (exact) mass is 875 g/mol. The number of hydrogen-bond acceptors (Lipinski definition) is 1. The molecule has 1 heteroatoms. The lowest BCUT2D eigenvalue weighted by molar-refractivity contribution is 1.32. The Bertz CT molecular complexity index is 4070. The minimum absolute atomic E-state index is 1.09. The van der Waals surface area contributed by atoms with Gasteiger partial charge in [-0.25, -0.2) is 0 Å². The van der Waals surface area contributed by atoms with Gasteiger partial charge in [-0.05, 0) is 141 Å². The molecule has 0 radical (unpaired) electrons. The van der Waals surface area contributed by atoms with Gasteiger partial charge in [-0.2, -0.15) is 0 Å². The molecule has 0 amide bonds. The highest BCUT2D eigenvalue weighted by Crippen LogP contribution is 2.51. The first-order valence-corrected chi connectivity index (χ1v) is 23.8. The van der Waals surface area contributed by atoms with Crippen LogP contribution in [0.1, 0.15) is 11.1 Å². The minimum Gasteiger partial charge on any atom is -0.309 e. The molecule has 0 aliphatic carbocycles. The zero-order valence-corrected chi connectivity index (χ0v) is 37.9. The highest BCUT2D eigenvalue weighted by molar-refractivity contribution is 6.25. The Labute approximate surface area is 402 Å². The standard InChI is InChI=1S/C68H45N/c1-3-18-46(19-4-1)34-35-47-20-17-25-52(42-47)65-59-30-13-15-32-62(59)68(63-33-16-14-31-60(63)65)69(55-26-5-2-6-27-55)56-40-41-61-64(45-56)67(54-39-37-49-22-8-10-24-51(49)44-54)58-29-12-11-28-57(58)66(61)53-38-36-48-21-7-9-23-50(48)43-53/h1-45H. The van der Waals surface area contributed by atoms with Crippen molar-refractivity contribution in [2.75, 3.05) is 4.90 Å². The summed E-state index contributed by atoms with van der Waals surface area (Å²) in [6, 6.07) is 95.8. The second-order valence-corrected chi connectivity index (χ2v) is 18.0. The van der Waals surface area contributed by atoms with Crippen molar-refractivity contribution in [3.8, 4) is 33.4 Å². The van der Waals surface area contributed by atoms with Gasteiger partial charge in [0.05, 0.1) is 5.69 Å². The number of hydrogen-bond donors (Lipinski definition) is 0. The van der Waals surface area contributed by atoms with Crippen LogP contribution in [0.5, 0.6) is 0 Å². The number of rotatable bonds is 8. The molecule has 0 unspecified atom stereocenters. The zero-order valence-electron chi connectivity index (χ0n) is 37.9. The summed E-state index contributed by atoms with van der Waals surface area (Å²) in [4.78, 5) is 2.50. The summed E-state index contributed by atoms with van der Waals surface area (Å²) < 4.78 is 0. The van der Waals surface area contributed by atoms with Crippen LogP contribution in [0.3, 0.4) is 0 Å². The maximum atomic E-state index is 2.50. The molecule has 0 saturated carbocycles. The van der Waals surface area contributed by atoms with Gasteiger partial charge < -0.3 is 4.90 Å². The van der Waals surface area contributed by atoms with E-state index in [0.717, 1.165) is 22.6 Å². The van der Waals surface area contributed by atoms with Crippen LogP contribution in [0.4, 0.5) is 17.1 Å². The molecular formula is C68H45N. The van der Waals surface area contributed by atoms with Gasteiger partial charge >= 0.3 is 0 Å². The number of benzene rings is 13. The normalized spacial score (nSPS) is 11.7. The molecule has 13 rings (SSSR count). The summed E-state index contributed by atoms with van der Waals surface area (Å²) in [5.74, 6) is 0. The Morgan fingerprint density at radius 2 is 0.652 bits per heavy atom. The predicted octanol–water partition coefficient (Wildman–Crippen LogP) is 19.2. The highest BCUT2D eigenvalue weighted by atomic mass is 15.1. The van der Waals surface area contributed by atoms with Crippen LogP contribution in [0.15, 0.2) is 261 Å². The fourth-order valence-corrected chi connectivity index (χ4v) is 10.8. The second kappa shape index (κ2) is 17.0. The SMILES string of the molecule is C(=Cc1cccc(-c2c3ccccc3c(N(c3ccccc3)c3ccc4c(-c5ccc6ccccc6c5)c5ccccc5c(-c5ccc6ccccc6c5)c4c3)c3ccccc23)c1)c1ccccc1. The molecule has 1 nitrogen and oxygen atoms in total. The highest BCUT2D eigenvalue weighted by Gasteiger charge is 2.24. The minimum atomic E-state index is 1.09. The fourth-order valence-electron chi connectivity index (χ4n) is 10.8. The summed E-state index contributed by atoms with van der Waals surface area (Å²) in [7, 11) is 0. The third kappa shape index (κ3) is 7.12. The van der Waals surface area contributed by atoms with E-state index in [2.05, 4.69) is 278 Å². The molecule has 322 valence electrons. The van der Waals surface area contributed by atoms with Gasteiger partial charge in [0.1, 0.15) is 0 Å². The molecular weight excluding hydrogens is 831 g/mol. The van der Waals surface area contributed by atoms with Crippen molar-refractivity contribution in [3.63, 3.8) is 0 Å². The van der Waals surface area contributed by atoms with Gasteiger partial charge in [-0.1, -0.05) is 231 Å². The average Bonchev–Trinajstić information content (AvgIpc) is 3.42. The number of fused-ring (bicyclic) bond motifs is 6. The van der Waals surface area contributed by atoms with Gasteiger partial charge in [0, 0.05) is 22.1 Å². The Balaban J connectivity index is 1.09. The first-order chi connectivity index (χ1) is 34.2. The van der Waals surface area contributed by atoms with Gasteiger partial charge in [-0.3, -0.25) is 0 Å². The molecule has 0 heterocycles. The van der Waals surface area contributed by atoms with Crippen LogP contribution in [-0.2, 0) is 0 Å². The van der Waals surface area contributed by atoms with Crippen LogP contribution in [0.25, 0.3) is 110 Å². The number of nitrogens with zero attached hydrogens (tertiary/aromatic N) is 1. The molecule has 13 aromatic rings. The van der Waals surface area contributed by atoms with E-state index in [1.165, 1.54) is 104 Å². The third-order valence-electron chi connectivity index (χ3n) is 13.9. The largest absolute Gasteiger partial charge is 0.309 e. The van der Waals surface area contributed by atoms with Crippen LogP contribution in [0.2, 0.25) is 0 Å². The Kier molecular flexibility index (Phi) is 9.91. The van der Waals surface area contributed by atoms with E-state index < -0.39 is 0 Å². The molecule has 0 bridgehead atoms. The summed E-state index contributed by atoms with van der Waals surface area (Å²) in [6.07, 6.45) is 4.41. The molecule has 69 heavy (non-hydrogen) atoms. The molecule has 0 N–H and O–H groups in total. The lowest BCUT2D eigenvalue weighted by Crippen LogP contribution is -2.11. The van der Waals surface area contributed by atoms with Crippen molar-refractivity contribution in [2.45, 2.75) is 0 Å². The van der Waals surface area contributed by atoms with E-state index in [-0.39, 0.29) is 0 Å². The van der Waals surface area contributed by atoms with Gasteiger partial charge in [0.25, 0.3) is 0 Å². The van der Waals surface area contributed by atoms with Crippen LogP contribution >= 0.6 is 0 Å². The van der Waals surface area contributed by atoms with Gasteiger partial charge in [0.15, 0.2) is 0 Å². The molecule has 0 atom stereocenters. The third-order valence-corrected chi connectivity index (χ3v) is 13.9. The number of anilines is 3. The zero-order chi connectivity index (χ0) is 45.7. The molecule has 0 aliphatic rings. The Morgan fingerprint density at radius 3 is 1.23 bits per heavy atom. The van der Waals surface area contributed by atoms with E-state index in [9.17, 15) is 0 Å². The first kappa shape index (κ1) is 40.3. The molecule has 0 spiro atoms. The molecule has 0 fully saturated rings. The predicted molar refractivity (Wildman–Crippen MR) is 298 cm³/mol. The van der Waals surface area contributed by atoms with Crippen LogP contribution in [-0.4, -0.2) is 0 Å². The summed E-state index contributed by atoms with van der Waals surface area (Å²) in [5, 5.41) is 14.6. The summed E-state index contributed by atoms with van der Waals surface area (Å²) >= 11 is 0. The molecule has 13 aromatic carbocycles. The van der Waals surface area contributed by atoms with Crippen molar-refractivity contribution in [1.29, 1.82) is 0 Å². The van der Waals surface area contributed by atoms with Crippen molar-refractivity contribution >= 4 is 93.8 Å². The first-order valence-electron chi connectivity index (χ1n) is 23.8. The second-order valence-electron chi connectivity index (χ2n) is 18.0. The Hall–Kier alpha value is -9.04. The Morgan fingerprint density at radius 1 is 0.232 bits per heavy atom. The number of para-hydroxylation sites is 1. The van der Waals surface area contributed by atoms with Crippen LogP contribution in [0, 0.1) is 0 Å². The van der Waals surface area contributed by atoms with Gasteiger partial charge in [0.2, 0.25) is 0 Å². The fraction of sp³-hybridized carbons (Fsp3) is 0. The van der Waals surface area contributed by atoms with Crippen molar-refractivity contribution in [2.24, 2.45) is 0 Å². The lowest BCUT2D eigenvalue weighted by Gasteiger charge is -2.30. The topological polar surface area (TPSA) is 3.24 Å². The lowest BCUT2D eigenvalue weighted by atomic mass is 9.84. The van der Waals surface area contributed by atoms with Crippen molar-refractivity contribution < 1.29 is 0 Å². The van der Waals surface area contributed by atoms with E-state index in [1.54, 1.807) is 0 Å². The average molecular weight is 876 g/mol. The summed E-state index contributed by atoms with van der Waals surface area (Å²) in [5.41, 5.74) is 13.0. The van der Waals surface area contributed by atoms with E-state index >= 15 is 0 Å². The van der Waals surface area contributed by atoms with E-state index in [0.29, 0.717) is 0 Å². The van der Waals surface area contributed by atoms with Crippen molar-refractivity contribution in [3.05, 3.63) is 272 Å². The summed E-state index contributed by atoms with van der Waals surface area (Å²) in [6.45, 7) is 0. The molecule has 0 aromatic heterocycles. The van der Waals surface area contributed by atoms with Crippen LogP contribution < -0.4 is 4.90 Å².